The molecule has 0 aliphatic carbocycles. The summed E-state index contributed by atoms with van der Waals surface area (Å²) < 4.78 is 4.83. The fraction of sp³-hybridized carbons (Fsp3) is 0.263. The van der Waals surface area contributed by atoms with Crippen molar-refractivity contribution in [1.29, 1.82) is 0 Å². The van der Waals surface area contributed by atoms with Crippen molar-refractivity contribution in [2.45, 2.75) is 6.04 Å². The van der Waals surface area contributed by atoms with Crippen LogP contribution in [0.2, 0.25) is 0 Å². The van der Waals surface area contributed by atoms with Crippen molar-refractivity contribution in [3.05, 3.63) is 71.8 Å². The molecule has 0 bridgehead atoms. The molecule has 0 atom stereocenters. The van der Waals surface area contributed by atoms with Crippen LogP contribution in [0, 0.1) is 0 Å². The van der Waals surface area contributed by atoms with Crippen LogP contribution in [0.4, 0.5) is 4.79 Å². The monoisotopic (exact) mass is 341 g/mol. The van der Waals surface area contributed by atoms with Gasteiger partial charge in [-0.2, -0.15) is 0 Å². The van der Waals surface area contributed by atoms with Crippen molar-refractivity contribution < 1.29 is 14.3 Å². The van der Waals surface area contributed by atoms with Crippen molar-refractivity contribution in [1.82, 2.24) is 16.0 Å². The first-order chi connectivity index (χ1) is 12.2. The van der Waals surface area contributed by atoms with Gasteiger partial charge in [-0.15, -0.1) is 0 Å². The van der Waals surface area contributed by atoms with Crippen LogP contribution in [0.15, 0.2) is 60.7 Å². The van der Waals surface area contributed by atoms with Crippen LogP contribution in [0.3, 0.4) is 0 Å². The molecule has 3 N–H and O–H groups in total. The van der Waals surface area contributed by atoms with Gasteiger partial charge < -0.3 is 10.1 Å². The summed E-state index contributed by atoms with van der Waals surface area (Å²) in [5, 5.41) is 8.04. The maximum absolute atomic E-state index is 12.0. The highest BCUT2D eigenvalue weighted by Gasteiger charge is 2.15. The summed E-state index contributed by atoms with van der Waals surface area (Å²) in [5.41, 5.74) is 2.09. The van der Waals surface area contributed by atoms with Crippen LogP contribution in [0.5, 0.6) is 0 Å². The molecule has 0 fully saturated rings. The average Bonchev–Trinajstić information content (AvgIpc) is 2.64. The molecule has 3 amide bonds. The molecule has 25 heavy (non-hydrogen) atoms. The van der Waals surface area contributed by atoms with E-state index in [0.29, 0.717) is 13.2 Å². The summed E-state index contributed by atoms with van der Waals surface area (Å²) in [4.78, 5) is 23.6. The molecule has 2 aromatic carbocycles. The van der Waals surface area contributed by atoms with E-state index in [2.05, 4.69) is 16.0 Å². The molecule has 0 aliphatic rings. The first-order valence-electron chi connectivity index (χ1n) is 8.10. The largest absolute Gasteiger partial charge is 0.383 e. The van der Waals surface area contributed by atoms with E-state index in [1.165, 1.54) is 0 Å². The Hall–Kier alpha value is -2.70. The molecular weight excluding hydrogens is 318 g/mol. The predicted molar refractivity (Wildman–Crippen MR) is 96.1 cm³/mol. The van der Waals surface area contributed by atoms with E-state index in [9.17, 15) is 9.59 Å². The lowest BCUT2D eigenvalue weighted by atomic mass is 9.99. The molecule has 0 aliphatic heterocycles. The number of methoxy groups -OCH3 is 1. The van der Waals surface area contributed by atoms with Crippen molar-refractivity contribution in [2.75, 3.05) is 26.8 Å². The summed E-state index contributed by atoms with van der Waals surface area (Å²) in [6.07, 6.45) is 0. The Balaban J connectivity index is 1.94. The number of carbonyl (C=O) groups excluding carboxylic acids is 2. The van der Waals surface area contributed by atoms with E-state index < -0.39 is 11.9 Å². The molecule has 0 radical (unpaired) electrons. The lowest BCUT2D eigenvalue weighted by molar-refractivity contribution is -0.119. The van der Waals surface area contributed by atoms with E-state index in [1.54, 1.807) is 7.11 Å². The maximum Gasteiger partial charge on any atom is 0.321 e. The van der Waals surface area contributed by atoms with Gasteiger partial charge in [0.2, 0.25) is 5.91 Å². The number of hydrogen-bond donors (Lipinski definition) is 3. The maximum atomic E-state index is 12.0. The van der Waals surface area contributed by atoms with E-state index in [4.69, 9.17) is 4.74 Å². The number of nitrogens with one attached hydrogen (secondary N) is 3. The van der Waals surface area contributed by atoms with Gasteiger partial charge in [0.1, 0.15) is 0 Å². The third-order valence-corrected chi connectivity index (χ3v) is 3.58. The van der Waals surface area contributed by atoms with Crippen molar-refractivity contribution in [3.63, 3.8) is 0 Å². The van der Waals surface area contributed by atoms with Gasteiger partial charge in [0, 0.05) is 13.7 Å². The van der Waals surface area contributed by atoms with Crippen LogP contribution in [0.1, 0.15) is 17.2 Å². The topological polar surface area (TPSA) is 79.5 Å². The van der Waals surface area contributed by atoms with E-state index >= 15 is 0 Å². The molecule has 132 valence electrons. The second kappa shape index (κ2) is 10.2. The molecule has 0 aromatic heterocycles. The summed E-state index contributed by atoms with van der Waals surface area (Å²) in [6.45, 7) is 0.760. The molecule has 0 unspecified atom stereocenters. The minimum absolute atomic E-state index is 0.0200. The van der Waals surface area contributed by atoms with Gasteiger partial charge in [0.25, 0.3) is 0 Å². The highest BCUT2D eigenvalue weighted by Crippen LogP contribution is 2.21. The minimum Gasteiger partial charge on any atom is -0.383 e. The number of amides is 3. The molecule has 0 saturated heterocycles. The number of hydrogen-bond acceptors (Lipinski definition) is 4. The van der Waals surface area contributed by atoms with Gasteiger partial charge in [0.05, 0.1) is 19.2 Å². The molecule has 0 spiro atoms. The molecule has 6 heteroatoms. The standard InChI is InChI=1S/C19H23N3O3/c1-25-13-12-20-19(24)22-17(23)14-21-18(15-8-4-2-5-9-15)16-10-6-3-7-11-16/h2-11,18,21H,12-14H2,1H3,(H2,20,22,23,24). The minimum atomic E-state index is -0.528. The van der Waals surface area contributed by atoms with Crippen LogP contribution in [-0.4, -0.2) is 38.7 Å². The fourth-order valence-electron chi connectivity index (χ4n) is 2.40. The molecule has 0 saturated carbocycles. The van der Waals surface area contributed by atoms with E-state index in [-0.39, 0.29) is 12.6 Å². The Morgan fingerprint density at radius 1 is 0.960 bits per heavy atom. The molecule has 2 rings (SSSR count). The van der Waals surface area contributed by atoms with Gasteiger partial charge in [-0.25, -0.2) is 4.79 Å². The first-order valence-corrected chi connectivity index (χ1v) is 8.10. The summed E-state index contributed by atoms with van der Waals surface area (Å²) in [7, 11) is 1.54. The number of ether oxygens (including phenoxy) is 1. The van der Waals surface area contributed by atoms with E-state index in [0.717, 1.165) is 11.1 Å². The number of benzene rings is 2. The lowest BCUT2D eigenvalue weighted by Crippen LogP contribution is -2.44. The normalized spacial score (nSPS) is 10.5. The average molecular weight is 341 g/mol. The Bertz CT molecular complexity index is 623. The van der Waals surface area contributed by atoms with Crippen LogP contribution in [0.25, 0.3) is 0 Å². The fourth-order valence-corrected chi connectivity index (χ4v) is 2.40. The second-order valence-electron chi connectivity index (χ2n) is 5.43. The number of imide groups is 1. The Labute approximate surface area is 147 Å². The van der Waals surface area contributed by atoms with Gasteiger partial charge >= 0.3 is 6.03 Å². The summed E-state index contributed by atoms with van der Waals surface area (Å²) in [6, 6.07) is 19.1. The number of urea groups is 1. The number of carbonyl (C=O) groups is 2. The zero-order chi connectivity index (χ0) is 17.9. The third kappa shape index (κ3) is 6.37. The quantitative estimate of drug-likeness (QED) is 0.640. The zero-order valence-corrected chi connectivity index (χ0v) is 14.2. The highest BCUT2D eigenvalue weighted by atomic mass is 16.5. The summed E-state index contributed by atoms with van der Waals surface area (Å²) >= 11 is 0. The van der Waals surface area contributed by atoms with E-state index in [1.807, 2.05) is 60.7 Å². The Morgan fingerprint density at radius 2 is 1.52 bits per heavy atom. The zero-order valence-electron chi connectivity index (χ0n) is 14.2. The van der Waals surface area contributed by atoms with Crippen molar-refractivity contribution in [2.24, 2.45) is 0 Å². The second-order valence-corrected chi connectivity index (χ2v) is 5.43. The van der Waals surface area contributed by atoms with Crippen LogP contribution in [-0.2, 0) is 9.53 Å². The molecule has 2 aromatic rings. The van der Waals surface area contributed by atoms with Crippen LogP contribution >= 0.6 is 0 Å². The Kier molecular flexibility index (Phi) is 7.62. The van der Waals surface area contributed by atoms with Gasteiger partial charge in [-0.05, 0) is 11.1 Å². The van der Waals surface area contributed by atoms with Crippen molar-refractivity contribution >= 4 is 11.9 Å². The van der Waals surface area contributed by atoms with Gasteiger partial charge in [-0.3, -0.25) is 15.4 Å². The molecule has 6 nitrogen and oxygen atoms in total. The smallest absolute Gasteiger partial charge is 0.321 e. The van der Waals surface area contributed by atoms with Crippen molar-refractivity contribution in [3.8, 4) is 0 Å². The van der Waals surface area contributed by atoms with Crippen LogP contribution < -0.4 is 16.0 Å². The number of rotatable bonds is 8. The summed E-state index contributed by atoms with van der Waals surface area (Å²) in [5.74, 6) is -0.397. The highest BCUT2D eigenvalue weighted by molar-refractivity contribution is 5.95. The van der Waals surface area contributed by atoms with Gasteiger partial charge in [-0.1, -0.05) is 60.7 Å². The first kappa shape index (κ1) is 18.6. The Morgan fingerprint density at radius 3 is 2.04 bits per heavy atom. The molecule has 0 heterocycles. The predicted octanol–water partition coefficient (Wildman–Crippen LogP) is 1.84. The third-order valence-electron chi connectivity index (χ3n) is 3.58. The SMILES string of the molecule is COCCNC(=O)NC(=O)CNC(c1ccccc1)c1ccccc1. The lowest BCUT2D eigenvalue weighted by Gasteiger charge is -2.19. The van der Waals surface area contributed by atoms with Gasteiger partial charge in [0.15, 0.2) is 0 Å². The molecular formula is C19H23N3O3.